The number of nitrogens with zero attached hydrogens (tertiary/aromatic N) is 3. The molecule has 37 heavy (non-hydrogen) atoms. The van der Waals surface area contributed by atoms with Gasteiger partial charge in [0.25, 0.3) is 5.91 Å². The Labute approximate surface area is 224 Å². The Morgan fingerprint density at radius 1 is 0.946 bits per heavy atom. The normalized spacial score (nSPS) is 15.2. The zero-order valence-corrected chi connectivity index (χ0v) is 21.9. The monoisotopic (exact) mass is 562 g/mol. The Hall–Kier alpha value is -3.18. The van der Waals surface area contributed by atoms with Crippen LogP contribution in [-0.4, -0.2) is 66.9 Å². The van der Waals surface area contributed by atoms with E-state index in [-0.39, 0.29) is 26.9 Å². The molecule has 0 unspecified atom stereocenters. The summed E-state index contributed by atoms with van der Waals surface area (Å²) in [6, 6.07) is 15.2. The molecule has 1 aliphatic rings. The van der Waals surface area contributed by atoms with E-state index in [1.807, 2.05) is 4.90 Å². The lowest BCUT2D eigenvalue weighted by molar-refractivity contribution is -0.139. The maximum atomic E-state index is 12.8. The van der Waals surface area contributed by atoms with E-state index in [9.17, 15) is 23.1 Å². The van der Waals surface area contributed by atoms with Gasteiger partial charge in [0.1, 0.15) is 6.04 Å². The summed E-state index contributed by atoms with van der Waals surface area (Å²) in [5.41, 5.74) is 1.26. The van der Waals surface area contributed by atoms with E-state index in [4.69, 9.17) is 23.2 Å². The number of carbonyl (C=O) groups excluding carboxylic acids is 1. The Balaban J connectivity index is 1.38. The minimum Gasteiger partial charge on any atom is -0.480 e. The first kappa shape index (κ1) is 26.9. The van der Waals surface area contributed by atoms with Crippen molar-refractivity contribution < 1.29 is 23.1 Å². The molecule has 9 nitrogen and oxygen atoms in total. The zero-order chi connectivity index (χ0) is 26.6. The molecule has 1 saturated heterocycles. The molecular weight excluding hydrogens is 539 g/mol. The lowest BCUT2D eigenvalue weighted by Crippen LogP contribution is -2.48. The van der Waals surface area contributed by atoms with Crippen LogP contribution in [-0.2, 0) is 21.2 Å². The van der Waals surface area contributed by atoms with Crippen LogP contribution in [0.15, 0.2) is 71.8 Å². The summed E-state index contributed by atoms with van der Waals surface area (Å²) in [6.07, 6.45) is 1.56. The highest BCUT2D eigenvalue weighted by atomic mass is 35.5. The number of carboxylic acids is 1. The summed E-state index contributed by atoms with van der Waals surface area (Å²) >= 11 is 12.1. The number of carboxylic acid groups (broad SMARTS) is 1. The molecule has 2 heterocycles. The van der Waals surface area contributed by atoms with Crippen LogP contribution < -0.4 is 10.2 Å². The number of pyridine rings is 1. The third-order valence-electron chi connectivity index (χ3n) is 6.00. The number of halogens is 2. The van der Waals surface area contributed by atoms with Gasteiger partial charge in [-0.3, -0.25) is 9.78 Å². The standard InChI is InChI=1S/C25H24Cl2N4O5S/c26-20-7-4-8-21(27)23(20)24(32)29-22(25(33)34)15-17-9-10-18(16-28-17)30-11-13-31(14-12-30)37(35,36)19-5-2-1-3-6-19/h1-10,16,22H,11-15H2,(H,29,32)(H,33,34)/t22-/m0/s1. The number of anilines is 1. The number of piperazine rings is 1. The number of amides is 1. The maximum absolute atomic E-state index is 12.8. The van der Waals surface area contributed by atoms with Crippen molar-refractivity contribution in [1.29, 1.82) is 0 Å². The highest BCUT2D eigenvalue weighted by Gasteiger charge is 2.29. The molecule has 1 aromatic heterocycles. The number of benzene rings is 2. The number of sulfonamides is 1. The lowest BCUT2D eigenvalue weighted by Gasteiger charge is -2.35. The van der Waals surface area contributed by atoms with Crippen molar-refractivity contribution in [1.82, 2.24) is 14.6 Å². The van der Waals surface area contributed by atoms with Gasteiger partial charge in [0.05, 0.1) is 32.4 Å². The van der Waals surface area contributed by atoms with Crippen LogP contribution in [0.4, 0.5) is 5.69 Å². The quantitative estimate of drug-likeness (QED) is 0.432. The molecular formula is C25H24Cl2N4O5S. The molecule has 194 valence electrons. The first-order valence-electron chi connectivity index (χ1n) is 11.4. The van der Waals surface area contributed by atoms with E-state index in [1.54, 1.807) is 54.7 Å². The summed E-state index contributed by atoms with van der Waals surface area (Å²) in [6.45, 7) is 1.63. The van der Waals surface area contributed by atoms with Crippen molar-refractivity contribution in [3.05, 3.63) is 88.2 Å². The van der Waals surface area contributed by atoms with Gasteiger partial charge in [-0.2, -0.15) is 4.31 Å². The van der Waals surface area contributed by atoms with Crippen molar-refractivity contribution in [3.63, 3.8) is 0 Å². The summed E-state index contributed by atoms with van der Waals surface area (Å²) < 4.78 is 27.1. The van der Waals surface area contributed by atoms with E-state index >= 15 is 0 Å². The average molecular weight is 563 g/mol. The number of carbonyl (C=O) groups is 2. The minimum absolute atomic E-state index is 0.00816. The third kappa shape index (κ3) is 6.22. The molecule has 0 saturated carbocycles. The highest BCUT2D eigenvalue weighted by Crippen LogP contribution is 2.25. The number of hydrogen-bond donors (Lipinski definition) is 2. The summed E-state index contributed by atoms with van der Waals surface area (Å²) in [5.74, 6) is -1.92. The van der Waals surface area contributed by atoms with Crippen molar-refractivity contribution in [2.45, 2.75) is 17.4 Å². The number of nitrogens with one attached hydrogen (secondary N) is 1. The second kappa shape index (κ2) is 11.5. The molecule has 1 amide bonds. The molecule has 1 aliphatic heterocycles. The van der Waals surface area contributed by atoms with Crippen LogP contribution in [0.3, 0.4) is 0 Å². The molecule has 0 aliphatic carbocycles. The first-order chi connectivity index (χ1) is 17.7. The van der Waals surface area contributed by atoms with E-state index in [1.165, 1.54) is 16.4 Å². The van der Waals surface area contributed by atoms with Crippen LogP contribution in [0.2, 0.25) is 10.0 Å². The molecule has 1 fully saturated rings. The van der Waals surface area contributed by atoms with E-state index in [0.717, 1.165) is 5.69 Å². The fourth-order valence-corrected chi connectivity index (χ4v) is 6.02. The van der Waals surface area contributed by atoms with E-state index in [0.29, 0.717) is 31.9 Å². The molecule has 2 N–H and O–H groups in total. The Kier molecular flexibility index (Phi) is 8.33. The molecule has 1 atom stereocenters. The Bertz CT molecular complexity index is 1360. The first-order valence-corrected chi connectivity index (χ1v) is 13.6. The van der Waals surface area contributed by atoms with Crippen LogP contribution in [0.1, 0.15) is 16.1 Å². The van der Waals surface area contributed by atoms with Crippen molar-refractivity contribution in [3.8, 4) is 0 Å². The van der Waals surface area contributed by atoms with Crippen LogP contribution in [0, 0.1) is 0 Å². The van der Waals surface area contributed by atoms with Gasteiger partial charge >= 0.3 is 5.97 Å². The molecule has 2 aromatic carbocycles. The largest absolute Gasteiger partial charge is 0.480 e. The molecule has 4 rings (SSSR count). The third-order valence-corrected chi connectivity index (χ3v) is 8.54. The minimum atomic E-state index is -3.55. The number of hydrogen-bond acceptors (Lipinski definition) is 6. The van der Waals surface area contributed by atoms with Crippen molar-refractivity contribution >= 4 is 50.8 Å². The van der Waals surface area contributed by atoms with Gasteiger partial charge in [0, 0.05) is 38.3 Å². The van der Waals surface area contributed by atoms with E-state index in [2.05, 4.69) is 10.3 Å². The fourth-order valence-electron chi connectivity index (χ4n) is 4.01. The highest BCUT2D eigenvalue weighted by molar-refractivity contribution is 7.89. The van der Waals surface area contributed by atoms with Gasteiger partial charge in [-0.25, -0.2) is 13.2 Å². The summed E-state index contributed by atoms with van der Waals surface area (Å²) in [5, 5.41) is 12.3. The second-order valence-electron chi connectivity index (χ2n) is 8.38. The fraction of sp³-hybridized carbons (Fsp3) is 0.240. The van der Waals surface area contributed by atoms with Gasteiger partial charge in [-0.15, -0.1) is 0 Å². The topological polar surface area (TPSA) is 120 Å². The lowest BCUT2D eigenvalue weighted by atomic mass is 10.1. The number of aliphatic carboxylic acids is 1. The molecule has 0 bridgehead atoms. The molecule has 12 heteroatoms. The van der Waals surface area contributed by atoms with E-state index < -0.39 is 27.9 Å². The Morgan fingerprint density at radius 3 is 2.16 bits per heavy atom. The van der Waals surface area contributed by atoms with Gasteiger partial charge in [-0.1, -0.05) is 47.5 Å². The Morgan fingerprint density at radius 2 is 1.59 bits per heavy atom. The van der Waals surface area contributed by atoms with Gasteiger partial charge in [0.15, 0.2) is 0 Å². The zero-order valence-electron chi connectivity index (χ0n) is 19.5. The van der Waals surface area contributed by atoms with Gasteiger partial charge in [0.2, 0.25) is 10.0 Å². The maximum Gasteiger partial charge on any atom is 0.326 e. The second-order valence-corrected chi connectivity index (χ2v) is 11.1. The smallest absolute Gasteiger partial charge is 0.326 e. The number of aromatic nitrogens is 1. The molecule has 3 aromatic rings. The van der Waals surface area contributed by atoms with Gasteiger partial charge < -0.3 is 15.3 Å². The van der Waals surface area contributed by atoms with Crippen LogP contribution in [0.5, 0.6) is 0 Å². The van der Waals surface area contributed by atoms with Crippen molar-refractivity contribution in [2.75, 3.05) is 31.1 Å². The summed E-state index contributed by atoms with van der Waals surface area (Å²) in [4.78, 5) is 31.1. The predicted octanol–water partition coefficient (Wildman–Crippen LogP) is 3.33. The molecule has 0 spiro atoms. The van der Waals surface area contributed by atoms with Crippen molar-refractivity contribution in [2.24, 2.45) is 0 Å². The number of rotatable bonds is 8. The predicted molar refractivity (Wildman–Crippen MR) is 141 cm³/mol. The average Bonchev–Trinajstić information content (AvgIpc) is 2.89. The van der Waals surface area contributed by atoms with Gasteiger partial charge in [-0.05, 0) is 36.4 Å². The SMILES string of the molecule is O=C(N[C@@H](Cc1ccc(N2CCN(S(=O)(=O)c3ccccc3)CC2)cn1)C(=O)O)c1c(Cl)cccc1Cl. The molecule has 0 radical (unpaired) electrons. The summed E-state index contributed by atoms with van der Waals surface area (Å²) in [7, 11) is -3.55. The van der Waals surface area contributed by atoms with Crippen LogP contribution in [0.25, 0.3) is 0 Å². The van der Waals surface area contributed by atoms with Crippen LogP contribution >= 0.6 is 23.2 Å².